The number of nitro groups is 1. The number of nitro benzene ring substituents is 1. The molecule has 0 unspecified atom stereocenters. The highest BCUT2D eigenvalue weighted by atomic mass is 32.2. The van der Waals surface area contributed by atoms with Crippen molar-refractivity contribution in [2.75, 3.05) is 6.54 Å². The number of allylic oxidation sites excluding steroid dienone is 1. The monoisotopic (exact) mass is 553 g/mol. The molecule has 1 N–H and O–H groups in total. The van der Waals surface area contributed by atoms with Crippen molar-refractivity contribution >= 4 is 33.0 Å². The van der Waals surface area contributed by atoms with Gasteiger partial charge < -0.3 is 5.32 Å². The Hall–Kier alpha value is -5.09. The summed E-state index contributed by atoms with van der Waals surface area (Å²) in [5.74, 6) is -1.20. The van der Waals surface area contributed by atoms with Gasteiger partial charge in [-0.1, -0.05) is 78.9 Å². The van der Waals surface area contributed by atoms with Crippen LogP contribution in [0.4, 0.5) is 5.69 Å². The van der Waals surface area contributed by atoms with Crippen LogP contribution in [0.2, 0.25) is 0 Å². The largest absolute Gasteiger partial charge is 0.379 e. The third-order valence-corrected chi connectivity index (χ3v) is 8.26. The molecule has 1 aliphatic heterocycles. The van der Waals surface area contributed by atoms with E-state index in [0.717, 1.165) is 9.87 Å². The van der Waals surface area contributed by atoms with Crippen molar-refractivity contribution < 1.29 is 22.9 Å². The number of ketones is 2. The van der Waals surface area contributed by atoms with Gasteiger partial charge in [0.05, 0.1) is 22.1 Å². The predicted molar refractivity (Wildman–Crippen MR) is 149 cm³/mol. The van der Waals surface area contributed by atoms with Crippen LogP contribution in [0.15, 0.2) is 120 Å². The molecular weight excluding hydrogens is 530 g/mol. The van der Waals surface area contributed by atoms with Crippen molar-refractivity contribution in [3.05, 3.63) is 147 Å². The molecule has 1 aliphatic rings. The highest BCUT2D eigenvalue weighted by Crippen LogP contribution is 2.37. The van der Waals surface area contributed by atoms with Gasteiger partial charge in [0.1, 0.15) is 5.70 Å². The molecule has 0 aromatic heterocycles. The minimum absolute atomic E-state index is 0.0494. The van der Waals surface area contributed by atoms with Crippen LogP contribution in [0.3, 0.4) is 0 Å². The van der Waals surface area contributed by atoms with Crippen LogP contribution in [0, 0.1) is 10.1 Å². The van der Waals surface area contributed by atoms with Gasteiger partial charge in [-0.2, -0.15) is 0 Å². The molecule has 200 valence electrons. The van der Waals surface area contributed by atoms with Gasteiger partial charge in [-0.05, 0) is 23.8 Å². The first-order chi connectivity index (χ1) is 19.3. The Bertz CT molecular complexity index is 1740. The molecule has 0 fully saturated rings. The van der Waals surface area contributed by atoms with Crippen LogP contribution in [-0.2, 0) is 16.6 Å². The highest BCUT2D eigenvalue weighted by molar-refractivity contribution is 7.89. The zero-order valence-electron chi connectivity index (χ0n) is 21.1. The van der Waals surface area contributed by atoms with E-state index in [4.69, 9.17) is 0 Å². The van der Waals surface area contributed by atoms with Crippen molar-refractivity contribution in [1.29, 1.82) is 0 Å². The van der Waals surface area contributed by atoms with Gasteiger partial charge in [-0.3, -0.25) is 24.0 Å². The second kappa shape index (κ2) is 11.0. The summed E-state index contributed by atoms with van der Waals surface area (Å²) in [4.78, 5) is 37.7. The third-order valence-electron chi connectivity index (χ3n) is 6.46. The maximum Gasteiger partial charge on any atom is 0.269 e. The number of fused-ring (bicyclic) bond motifs is 1. The van der Waals surface area contributed by atoms with Gasteiger partial charge in [-0.25, -0.2) is 8.42 Å². The third kappa shape index (κ3) is 5.12. The molecule has 10 heteroatoms. The molecule has 5 rings (SSSR count). The fourth-order valence-electron chi connectivity index (χ4n) is 4.46. The van der Waals surface area contributed by atoms with Crippen molar-refractivity contribution in [3.8, 4) is 0 Å². The average Bonchev–Trinajstić information content (AvgIpc) is 2.98. The number of nitrogens with one attached hydrogen (secondary N) is 1. The maximum absolute atomic E-state index is 14.0. The fraction of sp³-hybridized carbons (Fsp3) is 0.0667. The molecule has 4 aromatic rings. The minimum atomic E-state index is -4.34. The number of carbonyl (C=O) groups is 2. The smallest absolute Gasteiger partial charge is 0.269 e. The number of hydrogen-bond acceptors (Lipinski definition) is 7. The number of Topliss-reactive ketones (excluding diaryl/α,β-unsaturated/α-hetero) is 2. The zero-order chi connectivity index (χ0) is 28.3. The summed E-state index contributed by atoms with van der Waals surface area (Å²) in [6, 6.07) is 28.8. The summed E-state index contributed by atoms with van der Waals surface area (Å²) in [6.07, 6.45) is 0. The molecule has 4 aromatic carbocycles. The van der Waals surface area contributed by atoms with E-state index in [1.807, 2.05) is 30.3 Å². The lowest BCUT2D eigenvalue weighted by molar-refractivity contribution is -0.384. The van der Waals surface area contributed by atoms with Gasteiger partial charge in [-0.15, -0.1) is 0 Å². The second-order valence-electron chi connectivity index (χ2n) is 8.99. The molecule has 9 nitrogen and oxygen atoms in total. The molecule has 0 amide bonds. The number of hydrogen-bond donors (Lipinski definition) is 1. The lowest BCUT2D eigenvalue weighted by atomic mass is 10.0. The standard InChI is InChI=1S/C30H23N3O6S/c34-26(22-15-17-24(18-16-22)33(36)37)20-32-29(30(35)23-11-5-2-6-12-23)28(31-19-21-9-3-1-4-10-21)25-13-7-8-14-27(25)40(32,38)39/h1-18,31H,19-20H2. The lowest BCUT2D eigenvalue weighted by Gasteiger charge is -2.33. The van der Waals surface area contributed by atoms with E-state index < -0.39 is 33.1 Å². The van der Waals surface area contributed by atoms with E-state index in [9.17, 15) is 28.1 Å². The Morgan fingerprint density at radius 2 is 1.38 bits per heavy atom. The highest BCUT2D eigenvalue weighted by Gasteiger charge is 2.41. The van der Waals surface area contributed by atoms with Gasteiger partial charge in [0, 0.05) is 35.4 Å². The topological polar surface area (TPSA) is 127 Å². The lowest BCUT2D eigenvalue weighted by Crippen LogP contribution is -2.42. The molecule has 0 atom stereocenters. The number of non-ortho nitro benzene ring substituents is 1. The number of benzene rings is 4. The predicted octanol–water partition coefficient (Wildman–Crippen LogP) is 4.82. The summed E-state index contributed by atoms with van der Waals surface area (Å²) >= 11 is 0. The van der Waals surface area contributed by atoms with E-state index in [1.54, 1.807) is 48.5 Å². The summed E-state index contributed by atoms with van der Waals surface area (Å²) in [7, 11) is -4.34. The zero-order valence-corrected chi connectivity index (χ0v) is 21.9. The molecule has 0 aliphatic carbocycles. The maximum atomic E-state index is 14.0. The molecule has 0 bridgehead atoms. The van der Waals surface area contributed by atoms with Gasteiger partial charge in [0.2, 0.25) is 5.78 Å². The van der Waals surface area contributed by atoms with E-state index in [-0.39, 0.29) is 33.1 Å². The molecular formula is C30H23N3O6S. The molecule has 0 saturated carbocycles. The number of sulfonamides is 1. The first-order valence-corrected chi connectivity index (χ1v) is 13.7. The molecule has 1 heterocycles. The van der Waals surface area contributed by atoms with Crippen molar-refractivity contribution in [2.45, 2.75) is 11.4 Å². The Kier molecular flexibility index (Phi) is 7.26. The molecule has 0 radical (unpaired) electrons. The summed E-state index contributed by atoms with van der Waals surface area (Å²) in [5.41, 5.74) is 1.43. The van der Waals surface area contributed by atoms with Crippen molar-refractivity contribution in [1.82, 2.24) is 9.62 Å². The summed E-state index contributed by atoms with van der Waals surface area (Å²) < 4.78 is 28.7. The number of rotatable bonds is 9. The van der Waals surface area contributed by atoms with Gasteiger partial charge >= 0.3 is 0 Å². The van der Waals surface area contributed by atoms with E-state index in [2.05, 4.69) is 5.32 Å². The van der Waals surface area contributed by atoms with E-state index in [0.29, 0.717) is 12.1 Å². The normalized spacial score (nSPS) is 13.8. The Morgan fingerprint density at radius 3 is 2.02 bits per heavy atom. The molecule has 0 spiro atoms. The first kappa shape index (κ1) is 26.5. The minimum Gasteiger partial charge on any atom is -0.379 e. The van der Waals surface area contributed by atoms with E-state index in [1.165, 1.54) is 30.3 Å². The van der Waals surface area contributed by atoms with Crippen LogP contribution in [0.5, 0.6) is 0 Å². The molecule has 40 heavy (non-hydrogen) atoms. The van der Waals surface area contributed by atoms with Crippen molar-refractivity contribution in [3.63, 3.8) is 0 Å². The van der Waals surface area contributed by atoms with Gasteiger partial charge in [0.15, 0.2) is 5.78 Å². The van der Waals surface area contributed by atoms with E-state index >= 15 is 0 Å². The fourth-order valence-corrected chi connectivity index (χ4v) is 6.10. The first-order valence-electron chi connectivity index (χ1n) is 12.3. The number of carbonyl (C=O) groups excluding carboxylic acids is 2. The summed E-state index contributed by atoms with van der Waals surface area (Å²) in [6.45, 7) is -0.390. The SMILES string of the molecule is O=C(CN1C(C(=O)c2ccccc2)=C(NCc2ccccc2)c2ccccc2S1(=O)=O)c1ccc([N+](=O)[O-])cc1. The Labute approximate surface area is 230 Å². The van der Waals surface area contributed by atoms with Crippen LogP contribution in [0.25, 0.3) is 5.70 Å². The van der Waals surface area contributed by atoms with Gasteiger partial charge in [0.25, 0.3) is 15.7 Å². The quantitative estimate of drug-likeness (QED) is 0.179. The number of nitrogens with zero attached hydrogens (tertiary/aromatic N) is 2. The Morgan fingerprint density at radius 1 is 0.775 bits per heavy atom. The van der Waals surface area contributed by atoms with Crippen LogP contribution in [-0.4, -0.2) is 35.8 Å². The second-order valence-corrected chi connectivity index (χ2v) is 10.8. The Balaban J connectivity index is 1.65. The van der Waals surface area contributed by atoms with Crippen LogP contribution < -0.4 is 5.32 Å². The average molecular weight is 554 g/mol. The summed E-state index contributed by atoms with van der Waals surface area (Å²) in [5, 5.41) is 14.3. The van der Waals surface area contributed by atoms with Crippen LogP contribution >= 0.6 is 0 Å². The molecule has 0 saturated heterocycles. The van der Waals surface area contributed by atoms with Crippen LogP contribution in [0.1, 0.15) is 31.8 Å². The van der Waals surface area contributed by atoms with Crippen molar-refractivity contribution in [2.24, 2.45) is 0 Å².